The smallest absolute Gasteiger partial charge is 0.128 e. The lowest BCUT2D eigenvalue weighted by Crippen LogP contribution is -2.34. The topological polar surface area (TPSA) is 19.4 Å². The van der Waals surface area contributed by atoms with Gasteiger partial charge in [-0.25, -0.2) is 4.98 Å². The lowest BCUT2D eigenvalue weighted by atomic mass is 9.93. The van der Waals surface area contributed by atoms with Crippen molar-refractivity contribution in [1.82, 2.24) is 9.88 Å². The molecule has 3 heteroatoms. The molecule has 0 aliphatic carbocycles. The number of pyridine rings is 1. The SMILES string of the molecule is Cc1cc(N2CCCCC2)ncc1[C@@H]1CCCCN1Cc1ccccc1. The highest BCUT2D eigenvalue weighted by atomic mass is 15.2. The summed E-state index contributed by atoms with van der Waals surface area (Å²) in [5.74, 6) is 1.18. The van der Waals surface area contributed by atoms with Crippen molar-refractivity contribution in [2.75, 3.05) is 24.5 Å². The standard InChI is InChI=1S/C23H31N3/c1-19-16-23(25-13-7-3-8-14-25)24-17-21(19)22-12-6-9-15-26(22)18-20-10-4-2-5-11-20/h2,4-5,10-11,16-17,22H,3,6-9,12-15,18H2,1H3/t22-/m0/s1. The minimum atomic E-state index is 0.506. The minimum absolute atomic E-state index is 0.506. The number of anilines is 1. The molecule has 0 radical (unpaired) electrons. The van der Waals surface area contributed by atoms with E-state index in [0.29, 0.717) is 6.04 Å². The molecule has 1 aromatic carbocycles. The monoisotopic (exact) mass is 349 g/mol. The van der Waals surface area contributed by atoms with Gasteiger partial charge in [-0.1, -0.05) is 36.8 Å². The van der Waals surface area contributed by atoms with Gasteiger partial charge in [0.15, 0.2) is 0 Å². The van der Waals surface area contributed by atoms with Gasteiger partial charge in [0.05, 0.1) is 0 Å². The Morgan fingerprint density at radius 1 is 0.962 bits per heavy atom. The first-order valence-electron chi connectivity index (χ1n) is 10.3. The van der Waals surface area contributed by atoms with Crippen LogP contribution in [0.15, 0.2) is 42.6 Å². The van der Waals surface area contributed by atoms with Crippen LogP contribution in [0.3, 0.4) is 0 Å². The number of piperidine rings is 2. The van der Waals surface area contributed by atoms with Gasteiger partial charge in [0.1, 0.15) is 5.82 Å². The van der Waals surface area contributed by atoms with Gasteiger partial charge in [-0.3, -0.25) is 4.90 Å². The second-order valence-electron chi connectivity index (χ2n) is 7.91. The van der Waals surface area contributed by atoms with E-state index in [9.17, 15) is 0 Å². The Hall–Kier alpha value is -1.87. The maximum absolute atomic E-state index is 4.88. The van der Waals surface area contributed by atoms with Crippen LogP contribution in [0.1, 0.15) is 61.3 Å². The number of hydrogen-bond acceptors (Lipinski definition) is 3. The number of benzene rings is 1. The fourth-order valence-electron chi connectivity index (χ4n) is 4.55. The molecular weight excluding hydrogens is 318 g/mol. The Labute approximate surface area is 158 Å². The maximum atomic E-state index is 4.88. The number of aromatic nitrogens is 1. The Balaban J connectivity index is 1.54. The van der Waals surface area contributed by atoms with Crippen molar-refractivity contribution in [2.24, 2.45) is 0 Å². The maximum Gasteiger partial charge on any atom is 0.128 e. The van der Waals surface area contributed by atoms with E-state index in [-0.39, 0.29) is 0 Å². The molecule has 3 nitrogen and oxygen atoms in total. The van der Waals surface area contributed by atoms with Crippen LogP contribution in [0, 0.1) is 6.92 Å². The molecule has 26 heavy (non-hydrogen) atoms. The van der Waals surface area contributed by atoms with Crippen molar-refractivity contribution in [1.29, 1.82) is 0 Å². The normalized spacial score (nSPS) is 21.7. The van der Waals surface area contributed by atoms with Crippen molar-refractivity contribution in [3.8, 4) is 0 Å². The minimum Gasteiger partial charge on any atom is -0.357 e. The van der Waals surface area contributed by atoms with Gasteiger partial charge in [0.25, 0.3) is 0 Å². The zero-order chi connectivity index (χ0) is 17.8. The molecule has 2 saturated heterocycles. The average molecular weight is 350 g/mol. The zero-order valence-electron chi connectivity index (χ0n) is 16.0. The van der Waals surface area contributed by atoms with E-state index in [0.717, 1.165) is 19.6 Å². The fourth-order valence-corrected chi connectivity index (χ4v) is 4.55. The first-order chi connectivity index (χ1) is 12.8. The van der Waals surface area contributed by atoms with Gasteiger partial charge in [-0.05, 0) is 68.3 Å². The summed E-state index contributed by atoms with van der Waals surface area (Å²) >= 11 is 0. The molecule has 0 bridgehead atoms. The first-order valence-corrected chi connectivity index (χ1v) is 10.3. The molecular formula is C23H31N3. The van der Waals surface area contributed by atoms with Crippen LogP contribution in [0.5, 0.6) is 0 Å². The lowest BCUT2D eigenvalue weighted by Gasteiger charge is -2.37. The molecule has 2 aromatic rings. The van der Waals surface area contributed by atoms with Crippen LogP contribution < -0.4 is 4.90 Å². The largest absolute Gasteiger partial charge is 0.357 e. The van der Waals surface area contributed by atoms with Gasteiger partial charge >= 0.3 is 0 Å². The van der Waals surface area contributed by atoms with Crippen LogP contribution in [-0.4, -0.2) is 29.5 Å². The summed E-state index contributed by atoms with van der Waals surface area (Å²) in [7, 11) is 0. The summed E-state index contributed by atoms with van der Waals surface area (Å²) in [5, 5.41) is 0. The molecule has 0 unspecified atom stereocenters. The molecule has 2 fully saturated rings. The average Bonchev–Trinajstić information content (AvgIpc) is 2.70. The van der Waals surface area contributed by atoms with E-state index in [1.807, 2.05) is 0 Å². The molecule has 0 amide bonds. The second-order valence-corrected chi connectivity index (χ2v) is 7.91. The van der Waals surface area contributed by atoms with E-state index in [1.54, 1.807) is 0 Å². The van der Waals surface area contributed by atoms with Crippen molar-refractivity contribution in [3.63, 3.8) is 0 Å². The Bertz CT molecular complexity index is 707. The van der Waals surface area contributed by atoms with E-state index in [4.69, 9.17) is 4.98 Å². The van der Waals surface area contributed by atoms with Gasteiger partial charge in [0.2, 0.25) is 0 Å². The van der Waals surface area contributed by atoms with Crippen molar-refractivity contribution in [3.05, 3.63) is 59.3 Å². The molecule has 0 N–H and O–H groups in total. The first kappa shape index (κ1) is 17.5. The number of likely N-dealkylation sites (tertiary alicyclic amines) is 1. The summed E-state index contributed by atoms with van der Waals surface area (Å²) in [6.07, 6.45) is 10.0. The molecule has 0 spiro atoms. The Kier molecular flexibility index (Phi) is 5.54. The second kappa shape index (κ2) is 8.22. The van der Waals surface area contributed by atoms with Gasteiger partial charge in [-0.15, -0.1) is 0 Å². The fraction of sp³-hybridized carbons (Fsp3) is 0.522. The number of nitrogens with zero attached hydrogens (tertiary/aromatic N) is 3. The van der Waals surface area contributed by atoms with E-state index in [2.05, 4.69) is 59.3 Å². The van der Waals surface area contributed by atoms with Gasteiger partial charge in [-0.2, -0.15) is 0 Å². The van der Waals surface area contributed by atoms with Crippen molar-refractivity contribution < 1.29 is 0 Å². The number of rotatable bonds is 4. The van der Waals surface area contributed by atoms with E-state index in [1.165, 1.54) is 67.6 Å². The quantitative estimate of drug-likeness (QED) is 0.765. The third-order valence-electron chi connectivity index (χ3n) is 6.02. The molecule has 2 aliphatic rings. The molecule has 3 heterocycles. The highest BCUT2D eigenvalue weighted by molar-refractivity contribution is 5.44. The van der Waals surface area contributed by atoms with E-state index < -0.39 is 0 Å². The lowest BCUT2D eigenvalue weighted by molar-refractivity contribution is 0.139. The van der Waals surface area contributed by atoms with Crippen LogP contribution in [0.25, 0.3) is 0 Å². The zero-order valence-corrected chi connectivity index (χ0v) is 16.0. The highest BCUT2D eigenvalue weighted by Gasteiger charge is 2.26. The molecule has 1 aromatic heterocycles. The van der Waals surface area contributed by atoms with Crippen LogP contribution in [0.2, 0.25) is 0 Å². The summed E-state index contributed by atoms with van der Waals surface area (Å²) in [5.41, 5.74) is 4.25. The van der Waals surface area contributed by atoms with Crippen molar-refractivity contribution >= 4 is 5.82 Å². The Morgan fingerprint density at radius 2 is 1.73 bits per heavy atom. The predicted octanol–water partition coefficient (Wildman–Crippen LogP) is 5.11. The predicted molar refractivity (Wildman–Crippen MR) is 108 cm³/mol. The summed E-state index contributed by atoms with van der Waals surface area (Å²) in [4.78, 5) is 10.00. The highest BCUT2D eigenvalue weighted by Crippen LogP contribution is 2.34. The third kappa shape index (κ3) is 3.93. The molecule has 4 rings (SSSR count). The molecule has 2 aliphatic heterocycles. The molecule has 1 atom stereocenters. The van der Waals surface area contributed by atoms with E-state index >= 15 is 0 Å². The summed E-state index contributed by atoms with van der Waals surface area (Å²) in [6, 6.07) is 13.7. The van der Waals surface area contributed by atoms with Gasteiger partial charge in [0, 0.05) is 31.9 Å². The van der Waals surface area contributed by atoms with Gasteiger partial charge < -0.3 is 4.90 Å². The number of aryl methyl sites for hydroxylation is 1. The van der Waals surface area contributed by atoms with Crippen LogP contribution in [0.4, 0.5) is 5.82 Å². The molecule has 138 valence electrons. The summed E-state index contributed by atoms with van der Waals surface area (Å²) in [6.45, 7) is 6.83. The number of hydrogen-bond donors (Lipinski definition) is 0. The van der Waals surface area contributed by atoms with Crippen molar-refractivity contribution in [2.45, 2.75) is 58.0 Å². The van der Waals surface area contributed by atoms with Crippen LogP contribution >= 0.6 is 0 Å². The Morgan fingerprint density at radius 3 is 2.50 bits per heavy atom. The van der Waals surface area contributed by atoms with Crippen LogP contribution in [-0.2, 0) is 6.54 Å². The summed E-state index contributed by atoms with van der Waals surface area (Å²) < 4.78 is 0. The molecule has 0 saturated carbocycles. The third-order valence-corrected chi connectivity index (χ3v) is 6.02.